The fourth-order valence-electron chi connectivity index (χ4n) is 2.38. The summed E-state index contributed by atoms with van der Waals surface area (Å²) in [6.45, 7) is 5.95. The highest BCUT2D eigenvalue weighted by Crippen LogP contribution is 2.20. The molecular weight excluding hydrogens is 198 g/mol. The van der Waals surface area contributed by atoms with Gasteiger partial charge in [0.25, 0.3) is 0 Å². The summed E-state index contributed by atoms with van der Waals surface area (Å²) in [6, 6.07) is 6.95. The fourth-order valence-corrected chi connectivity index (χ4v) is 2.38. The number of nitrogens with two attached hydrogens (primary N) is 1. The number of hydrogen-bond donors (Lipinski definition) is 1. The lowest BCUT2D eigenvalue weighted by Crippen LogP contribution is -2.39. The monoisotopic (exact) mass is 219 g/mol. The third kappa shape index (κ3) is 2.63. The molecule has 16 heavy (non-hydrogen) atoms. The van der Waals surface area contributed by atoms with Crippen molar-refractivity contribution in [3.05, 3.63) is 34.9 Å². The summed E-state index contributed by atoms with van der Waals surface area (Å²) in [7, 11) is 0. The Kier molecular flexibility index (Phi) is 3.62. The van der Waals surface area contributed by atoms with Crippen molar-refractivity contribution >= 4 is 0 Å². The molecule has 0 amide bonds. The van der Waals surface area contributed by atoms with Crippen molar-refractivity contribution in [1.29, 1.82) is 0 Å². The molecule has 1 aliphatic rings. The SMILES string of the molecule is Cc1ccc(CC2COCCC2N)c(C)c1. The van der Waals surface area contributed by atoms with Crippen molar-refractivity contribution in [2.45, 2.75) is 32.7 Å². The molecule has 0 aliphatic carbocycles. The topological polar surface area (TPSA) is 35.2 Å². The maximum Gasteiger partial charge on any atom is 0.0512 e. The van der Waals surface area contributed by atoms with Crippen LogP contribution in [0.5, 0.6) is 0 Å². The summed E-state index contributed by atoms with van der Waals surface area (Å²) in [5.74, 6) is 0.482. The van der Waals surface area contributed by atoms with Crippen molar-refractivity contribution in [1.82, 2.24) is 0 Å². The van der Waals surface area contributed by atoms with Crippen LogP contribution in [0.1, 0.15) is 23.1 Å². The van der Waals surface area contributed by atoms with Gasteiger partial charge in [0, 0.05) is 18.6 Å². The lowest BCUT2D eigenvalue weighted by atomic mass is 9.88. The van der Waals surface area contributed by atoms with E-state index in [1.54, 1.807) is 0 Å². The van der Waals surface area contributed by atoms with E-state index in [1.807, 2.05) is 0 Å². The normalized spacial score (nSPS) is 25.7. The first kappa shape index (κ1) is 11.6. The van der Waals surface area contributed by atoms with Crippen LogP contribution >= 0.6 is 0 Å². The molecule has 1 fully saturated rings. The minimum absolute atomic E-state index is 0.300. The van der Waals surface area contributed by atoms with Crippen LogP contribution in [0.4, 0.5) is 0 Å². The number of aryl methyl sites for hydroxylation is 2. The molecule has 0 aromatic heterocycles. The Morgan fingerprint density at radius 1 is 1.38 bits per heavy atom. The van der Waals surface area contributed by atoms with Crippen LogP contribution in [0.15, 0.2) is 18.2 Å². The molecular formula is C14H21NO. The Morgan fingerprint density at radius 3 is 2.88 bits per heavy atom. The number of rotatable bonds is 2. The Morgan fingerprint density at radius 2 is 2.19 bits per heavy atom. The van der Waals surface area contributed by atoms with Gasteiger partial charge in [0.15, 0.2) is 0 Å². The Bertz CT molecular complexity index is 362. The second kappa shape index (κ2) is 4.98. The number of ether oxygens (including phenoxy) is 1. The molecule has 88 valence electrons. The molecule has 1 saturated heterocycles. The summed E-state index contributed by atoms with van der Waals surface area (Å²) in [6.07, 6.45) is 2.04. The zero-order valence-electron chi connectivity index (χ0n) is 10.2. The number of benzene rings is 1. The van der Waals surface area contributed by atoms with Gasteiger partial charge in [0.2, 0.25) is 0 Å². The first-order valence-corrected chi connectivity index (χ1v) is 6.06. The molecule has 2 heteroatoms. The molecule has 1 aliphatic heterocycles. The van der Waals surface area contributed by atoms with Crippen LogP contribution in [0.3, 0.4) is 0 Å². The third-order valence-corrected chi connectivity index (χ3v) is 3.51. The first-order valence-electron chi connectivity index (χ1n) is 6.06. The fraction of sp³-hybridized carbons (Fsp3) is 0.571. The van der Waals surface area contributed by atoms with Gasteiger partial charge in [-0.1, -0.05) is 23.8 Å². The molecule has 2 N–H and O–H groups in total. The zero-order chi connectivity index (χ0) is 11.5. The molecule has 1 aromatic carbocycles. The molecule has 1 heterocycles. The average Bonchev–Trinajstić information content (AvgIpc) is 2.25. The summed E-state index contributed by atoms with van der Waals surface area (Å²) in [4.78, 5) is 0. The van der Waals surface area contributed by atoms with Gasteiger partial charge in [-0.05, 0) is 37.8 Å². The lowest BCUT2D eigenvalue weighted by molar-refractivity contribution is 0.0422. The average molecular weight is 219 g/mol. The van der Waals surface area contributed by atoms with Gasteiger partial charge in [-0.15, -0.1) is 0 Å². The highest BCUT2D eigenvalue weighted by atomic mass is 16.5. The van der Waals surface area contributed by atoms with Crippen molar-refractivity contribution < 1.29 is 4.74 Å². The summed E-state index contributed by atoms with van der Waals surface area (Å²) < 4.78 is 5.51. The summed E-state index contributed by atoms with van der Waals surface area (Å²) in [5.41, 5.74) is 10.2. The van der Waals surface area contributed by atoms with E-state index in [0.29, 0.717) is 12.0 Å². The Hall–Kier alpha value is -0.860. The molecule has 0 saturated carbocycles. The van der Waals surface area contributed by atoms with E-state index in [4.69, 9.17) is 10.5 Å². The van der Waals surface area contributed by atoms with Gasteiger partial charge >= 0.3 is 0 Å². The van der Waals surface area contributed by atoms with Gasteiger partial charge < -0.3 is 10.5 Å². The van der Waals surface area contributed by atoms with Crippen LogP contribution in [-0.2, 0) is 11.2 Å². The minimum Gasteiger partial charge on any atom is -0.381 e. The summed E-state index contributed by atoms with van der Waals surface area (Å²) in [5, 5.41) is 0. The predicted octanol–water partition coefficient (Wildman–Crippen LogP) is 2.21. The standard InChI is InChI=1S/C14H21NO/c1-10-3-4-12(11(2)7-10)8-13-9-16-6-5-14(13)15/h3-4,7,13-14H,5-6,8-9,15H2,1-2H3. The molecule has 0 radical (unpaired) electrons. The van der Waals surface area contributed by atoms with Gasteiger partial charge in [-0.2, -0.15) is 0 Å². The quantitative estimate of drug-likeness (QED) is 0.827. The van der Waals surface area contributed by atoms with Crippen molar-refractivity contribution in [3.63, 3.8) is 0 Å². The minimum atomic E-state index is 0.300. The Labute approximate surface area is 97.8 Å². The second-order valence-corrected chi connectivity index (χ2v) is 4.92. The molecule has 2 atom stereocenters. The molecule has 1 aromatic rings. The largest absolute Gasteiger partial charge is 0.381 e. The van der Waals surface area contributed by atoms with Crippen LogP contribution in [0.2, 0.25) is 0 Å². The molecule has 2 rings (SSSR count). The maximum absolute atomic E-state index is 6.13. The van der Waals surface area contributed by atoms with E-state index < -0.39 is 0 Å². The predicted molar refractivity (Wildman–Crippen MR) is 66.5 cm³/mol. The van der Waals surface area contributed by atoms with Crippen LogP contribution < -0.4 is 5.73 Å². The highest BCUT2D eigenvalue weighted by molar-refractivity contribution is 5.30. The van der Waals surface area contributed by atoms with Gasteiger partial charge in [-0.3, -0.25) is 0 Å². The second-order valence-electron chi connectivity index (χ2n) is 4.92. The molecule has 0 bridgehead atoms. The van der Waals surface area contributed by atoms with E-state index in [1.165, 1.54) is 16.7 Å². The summed E-state index contributed by atoms with van der Waals surface area (Å²) >= 11 is 0. The Balaban J connectivity index is 2.07. The van der Waals surface area contributed by atoms with Crippen LogP contribution in [0, 0.1) is 19.8 Å². The zero-order valence-corrected chi connectivity index (χ0v) is 10.2. The van der Waals surface area contributed by atoms with Gasteiger partial charge in [0.1, 0.15) is 0 Å². The molecule has 2 unspecified atom stereocenters. The van der Waals surface area contributed by atoms with E-state index >= 15 is 0 Å². The van der Waals surface area contributed by atoms with Crippen LogP contribution in [-0.4, -0.2) is 19.3 Å². The van der Waals surface area contributed by atoms with Crippen molar-refractivity contribution in [3.8, 4) is 0 Å². The van der Waals surface area contributed by atoms with Crippen LogP contribution in [0.25, 0.3) is 0 Å². The van der Waals surface area contributed by atoms with Gasteiger partial charge in [0.05, 0.1) is 6.61 Å². The third-order valence-electron chi connectivity index (χ3n) is 3.51. The number of hydrogen-bond acceptors (Lipinski definition) is 2. The van der Waals surface area contributed by atoms with E-state index in [-0.39, 0.29) is 0 Å². The molecule has 2 nitrogen and oxygen atoms in total. The lowest BCUT2D eigenvalue weighted by Gasteiger charge is -2.29. The van der Waals surface area contributed by atoms with E-state index in [9.17, 15) is 0 Å². The van der Waals surface area contributed by atoms with Crippen molar-refractivity contribution in [2.75, 3.05) is 13.2 Å². The van der Waals surface area contributed by atoms with Crippen molar-refractivity contribution in [2.24, 2.45) is 11.7 Å². The van der Waals surface area contributed by atoms with E-state index in [0.717, 1.165) is 26.1 Å². The highest BCUT2D eigenvalue weighted by Gasteiger charge is 2.22. The maximum atomic E-state index is 6.13. The molecule has 0 spiro atoms. The smallest absolute Gasteiger partial charge is 0.0512 e. The van der Waals surface area contributed by atoms with Gasteiger partial charge in [-0.25, -0.2) is 0 Å². The van der Waals surface area contributed by atoms with E-state index in [2.05, 4.69) is 32.0 Å². The first-order chi connectivity index (χ1) is 7.66.